The summed E-state index contributed by atoms with van der Waals surface area (Å²) < 4.78 is 1.55. The second kappa shape index (κ2) is 8.43. The SMILES string of the molecule is O=C(NCc1cccc(Cl)c1)c1nnn(-c2ccccc2Cl)c1-c1cccnc1. The van der Waals surface area contributed by atoms with E-state index in [4.69, 9.17) is 23.2 Å². The molecule has 2 aromatic carbocycles. The Bertz CT molecular complexity index is 1160. The van der Waals surface area contributed by atoms with Gasteiger partial charge >= 0.3 is 0 Å². The highest BCUT2D eigenvalue weighted by Crippen LogP contribution is 2.28. The number of amides is 1. The molecule has 0 aliphatic carbocycles. The highest BCUT2D eigenvalue weighted by molar-refractivity contribution is 6.32. The number of nitrogens with one attached hydrogen (secondary N) is 1. The van der Waals surface area contributed by atoms with Gasteiger partial charge in [-0.1, -0.05) is 52.7 Å². The van der Waals surface area contributed by atoms with Crippen LogP contribution in [0.1, 0.15) is 16.1 Å². The van der Waals surface area contributed by atoms with Crippen molar-refractivity contribution >= 4 is 29.1 Å². The first kappa shape index (κ1) is 19.1. The van der Waals surface area contributed by atoms with Gasteiger partial charge in [-0.05, 0) is 42.0 Å². The average molecular weight is 424 g/mol. The van der Waals surface area contributed by atoms with Crippen molar-refractivity contribution in [2.45, 2.75) is 6.54 Å². The number of hydrogen-bond donors (Lipinski definition) is 1. The van der Waals surface area contributed by atoms with E-state index >= 15 is 0 Å². The lowest BCUT2D eigenvalue weighted by atomic mass is 10.1. The summed E-state index contributed by atoms with van der Waals surface area (Å²) in [6.45, 7) is 0.310. The van der Waals surface area contributed by atoms with Gasteiger partial charge in [-0.25, -0.2) is 4.68 Å². The van der Waals surface area contributed by atoms with Gasteiger partial charge in [0, 0.05) is 29.5 Å². The molecule has 0 atom stereocenters. The van der Waals surface area contributed by atoms with Crippen molar-refractivity contribution < 1.29 is 4.79 Å². The van der Waals surface area contributed by atoms with Crippen LogP contribution < -0.4 is 5.32 Å². The highest BCUT2D eigenvalue weighted by Gasteiger charge is 2.23. The van der Waals surface area contributed by atoms with Gasteiger partial charge in [0.1, 0.15) is 5.69 Å². The number of carbonyl (C=O) groups excluding carboxylic acids is 1. The summed E-state index contributed by atoms with van der Waals surface area (Å²) in [5, 5.41) is 12.3. The Morgan fingerprint density at radius 2 is 1.90 bits per heavy atom. The molecule has 0 saturated heterocycles. The molecule has 4 rings (SSSR count). The van der Waals surface area contributed by atoms with Crippen LogP contribution in [0.5, 0.6) is 0 Å². The van der Waals surface area contributed by atoms with Crippen molar-refractivity contribution in [1.82, 2.24) is 25.3 Å². The van der Waals surface area contributed by atoms with E-state index in [9.17, 15) is 4.79 Å². The van der Waals surface area contributed by atoms with Gasteiger partial charge in [-0.15, -0.1) is 5.10 Å². The summed E-state index contributed by atoms with van der Waals surface area (Å²) in [5.74, 6) is -0.359. The summed E-state index contributed by atoms with van der Waals surface area (Å²) in [5.41, 5.74) is 2.89. The quantitative estimate of drug-likeness (QED) is 0.510. The van der Waals surface area contributed by atoms with Gasteiger partial charge in [0.2, 0.25) is 0 Å². The number of rotatable bonds is 5. The second-order valence-corrected chi connectivity index (χ2v) is 7.05. The third kappa shape index (κ3) is 4.13. The molecule has 0 spiro atoms. The molecule has 4 aromatic rings. The topological polar surface area (TPSA) is 72.7 Å². The zero-order valence-corrected chi connectivity index (χ0v) is 16.6. The number of nitrogens with zero attached hydrogens (tertiary/aromatic N) is 4. The third-order valence-corrected chi connectivity index (χ3v) is 4.80. The first-order valence-electron chi connectivity index (χ1n) is 8.77. The van der Waals surface area contributed by atoms with Gasteiger partial charge in [0.05, 0.1) is 10.7 Å². The average Bonchev–Trinajstić information content (AvgIpc) is 3.18. The first-order chi connectivity index (χ1) is 14.1. The molecule has 0 radical (unpaired) electrons. The number of benzene rings is 2. The Hall–Kier alpha value is -3.22. The molecule has 0 aliphatic heterocycles. The number of carbonyl (C=O) groups is 1. The molecule has 0 bridgehead atoms. The molecule has 6 nitrogen and oxygen atoms in total. The molecule has 8 heteroatoms. The van der Waals surface area contributed by atoms with Crippen molar-refractivity contribution in [3.63, 3.8) is 0 Å². The Morgan fingerprint density at radius 3 is 2.66 bits per heavy atom. The predicted molar refractivity (Wildman–Crippen MR) is 112 cm³/mol. The predicted octanol–water partition coefficient (Wildman–Crippen LogP) is 4.57. The molecular formula is C21H15Cl2N5O. The standard InChI is InChI=1S/C21H15Cl2N5O/c22-16-7-3-5-14(11-16)12-25-21(29)19-20(15-6-4-10-24-13-15)28(27-26-19)18-9-2-1-8-17(18)23/h1-11,13H,12H2,(H,25,29). The van der Waals surface area contributed by atoms with E-state index in [0.29, 0.717) is 33.5 Å². The lowest BCUT2D eigenvalue weighted by molar-refractivity contribution is 0.0946. The van der Waals surface area contributed by atoms with E-state index in [1.165, 1.54) is 0 Å². The number of para-hydroxylation sites is 1. The molecule has 1 N–H and O–H groups in total. The molecule has 144 valence electrons. The Labute approximate surface area is 177 Å². The normalized spacial score (nSPS) is 10.7. The van der Waals surface area contributed by atoms with Crippen molar-refractivity contribution in [2.24, 2.45) is 0 Å². The Balaban J connectivity index is 1.72. The molecule has 1 amide bonds. The smallest absolute Gasteiger partial charge is 0.274 e. The fourth-order valence-corrected chi connectivity index (χ4v) is 3.33. The molecule has 0 saturated carbocycles. The number of hydrogen-bond acceptors (Lipinski definition) is 4. The number of halogens is 2. The summed E-state index contributed by atoms with van der Waals surface area (Å²) in [6, 6.07) is 18.1. The minimum atomic E-state index is -0.359. The molecular weight excluding hydrogens is 409 g/mol. The maximum atomic E-state index is 12.9. The fourth-order valence-electron chi connectivity index (χ4n) is 2.90. The second-order valence-electron chi connectivity index (χ2n) is 6.20. The summed E-state index contributed by atoms with van der Waals surface area (Å²) >= 11 is 12.4. The fraction of sp³-hybridized carbons (Fsp3) is 0.0476. The van der Waals surface area contributed by atoms with Crippen LogP contribution in [0.2, 0.25) is 10.0 Å². The minimum absolute atomic E-state index is 0.181. The van der Waals surface area contributed by atoms with E-state index in [0.717, 1.165) is 5.56 Å². The number of pyridine rings is 1. The van der Waals surface area contributed by atoms with E-state index in [1.54, 1.807) is 41.3 Å². The molecule has 0 fully saturated rings. The zero-order valence-electron chi connectivity index (χ0n) is 15.1. The van der Waals surface area contributed by atoms with Crippen LogP contribution in [0, 0.1) is 0 Å². The molecule has 0 aliphatic rings. The van der Waals surface area contributed by atoms with Crippen LogP contribution in [0.25, 0.3) is 16.9 Å². The van der Waals surface area contributed by atoms with Gasteiger partial charge in [-0.3, -0.25) is 9.78 Å². The van der Waals surface area contributed by atoms with Crippen molar-refractivity contribution in [1.29, 1.82) is 0 Å². The Morgan fingerprint density at radius 1 is 1.03 bits per heavy atom. The molecule has 2 heterocycles. The van der Waals surface area contributed by atoms with Crippen molar-refractivity contribution in [3.8, 4) is 16.9 Å². The van der Waals surface area contributed by atoms with E-state index in [1.807, 2.05) is 36.4 Å². The van der Waals surface area contributed by atoms with Crippen LogP contribution in [-0.2, 0) is 6.54 Å². The third-order valence-electron chi connectivity index (χ3n) is 4.24. The van der Waals surface area contributed by atoms with E-state index < -0.39 is 0 Å². The van der Waals surface area contributed by atoms with Crippen molar-refractivity contribution in [3.05, 3.63) is 94.4 Å². The highest BCUT2D eigenvalue weighted by atomic mass is 35.5. The molecule has 29 heavy (non-hydrogen) atoms. The van der Waals surface area contributed by atoms with Crippen LogP contribution in [0.4, 0.5) is 0 Å². The maximum Gasteiger partial charge on any atom is 0.274 e. The summed E-state index contributed by atoms with van der Waals surface area (Å²) in [4.78, 5) is 17.1. The van der Waals surface area contributed by atoms with Crippen LogP contribution in [0.3, 0.4) is 0 Å². The molecule has 0 unspecified atom stereocenters. The lowest BCUT2D eigenvalue weighted by Crippen LogP contribution is -2.24. The Kier molecular flexibility index (Phi) is 5.55. The van der Waals surface area contributed by atoms with Gasteiger partial charge in [-0.2, -0.15) is 0 Å². The summed E-state index contributed by atoms with van der Waals surface area (Å²) in [7, 11) is 0. The minimum Gasteiger partial charge on any atom is -0.346 e. The van der Waals surface area contributed by atoms with Gasteiger partial charge < -0.3 is 5.32 Å². The van der Waals surface area contributed by atoms with Gasteiger partial charge in [0.15, 0.2) is 5.69 Å². The van der Waals surface area contributed by atoms with E-state index in [2.05, 4.69) is 20.6 Å². The molecule has 2 aromatic heterocycles. The number of aromatic nitrogens is 4. The maximum absolute atomic E-state index is 12.9. The van der Waals surface area contributed by atoms with E-state index in [-0.39, 0.29) is 11.6 Å². The first-order valence-corrected chi connectivity index (χ1v) is 9.53. The summed E-state index contributed by atoms with van der Waals surface area (Å²) in [6.07, 6.45) is 3.31. The van der Waals surface area contributed by atoms with Gasteiger partial charge in [0.25, 0.3) is 5.91 Å². The zero-order chi connectivity index (χ0) is 20.2. The lowest BCUT2D eigenvalue weighted by Gasteiger charge is -2.10. The van der Waals surface area contributed by atoms with Crippen LogP contribution in [0.15, 0.2) is 73.1 Å². The largest absolute Gasteiger partial charge is 0.346 e. The van der Waals surface area contributed by atoms with Crippen molar-refractivity contribution in [2.75, 3.05) is 0 Å². The van der Waals surface area contributed by atoms with Crippen LogP contribution >= 0.6 is 23.2 Å². The van der Waals surface area contributed by atoms with Crippen LogP contribution in [-0.4, -0.2) is 25.9 Å². The monoisotopic (exact) mass is 423 g/mol.